The summed E-state index contributed by atoms with van der Waals surface area (Å²) in [6.07, 6.45) is 3.42. The van der Waals surface area contributed by atoms with Gasteiger partial charge in [0.05, 0.1) is 6.04 Å². The van der Waals surface area contributed by atoms with Crippen LogP contribution in [0.2, 0.25) is 0 Å². The first-order chi connectivity index (χ1) is 17.3. The van der Waals surface area contributed by atoms with Crippen LogP contribution in [0.25, 0.3) is 21.8 Å². The van der Waals surface area contributed by atoms with Crippen molar-refractivity contribution in [2.45, 2.75) is 23.9 Å². The maximum absolute atomic E-state index is 13.4. The number of fused-ring (bicyclic) bond motifs is 4. The third-order valence-electron chi connectivity index (χ3n) is 6.65. The number of nitrogens with zero attached hydrogens (tertiary/aromatic N) is 1. The van der Waals surface area contributed by atoms with Crippen molar-refractivity contribution in [3.63, 3.8) is 0 Å². The summed E-state index contributed by atoms with van der Waals surface area (Å²) in [5, 5.41) is 4.66. The lowest BCUT2D eigenvalue weighted by atomic mass is 9.84. The second-order valence-electron chi connectivity index (χ2n) is 8.98. The van der Waals surface area contributed by atoms with E-state index in [0.29, 0.717) is 5.69 Å². The Morgan fingerprint density at radius 2 is 1.89 bits per heavy atom. The van der Waals surface area contributed by atoms with Crippen LogP contribution in [0.4, 0.5) is 0 Å². The molecule has 4 N–H and O–H groups in total. The molecule has 0 spiro atoms. The molecule has 2 aromatic carbocycles. The molecule has 6 rings (SSSR count). The minimum absolute atomic E-state index is 0.0664. The maximum Gasteiger partial charge on any atom is 0.268 e. The van der Waals surface area contributed by atoms with Gasteiger partial charge < -0.3 is 15.3 Å². The number of benzene rings is 2. The molecule has 1 aliphatic heterocycles. The van der Waals surface area contributed by atoms with Crippen molar-refractivity contribution in [1.82, 2.24) is 25.0 Å². The Kier molecular flexibility index (Phi) is 5.47. The zero-order valence-electron chi connectivity index (χ0n) is 19.2. The second kappa shape index (κ2) is 8.58. The first-order valence-corrected chi connectivity index (χ1v) is 13.7. The van der Waals surface area contributed by atoms with E-state index in [0.717, 1.165) is 43.0 Å². The predicted molar refractivity (Wildman–Crippen MR) is 142 cm³/mol. The molecule has 3 aromatic heterocycles. The van der Waals surface area contributed by atoms with Crippen molar-refractivity contribution in [1.29, 1.82) is 0 Å². The summed E-state index contributed by atoms with van der Waals surface area (Å²) in [5.41, 5.74) is 4.67. The molecule has 2 atom stereocenters. The van der Waals surface area contributed by atoms with E-state index in [9.17, 15) is 13.2 Å². The number of hydrogen-bond donors (Lipinski definition) is 4. The fraction of sp³-hybridized carbons (Fsp3) is 0.154. The van der Waals surface area contributed by atoms with Crippen molar-refractivity contribution in [2.75, 3.05) is 6.54 Å². The first-order valence-electron chi connectivity index (χ1n) is 11.4. The fourth-order valence-corrected chi connectivity index (χ4v) is 6.54. The highest BCUT2D eigenvalue weighted by Crippen LogP contribution is 2.41. The summed E-state index contributed by atoms with van der Waals surface area (Å²) in [7, 11) is -3.98. The molecule has 1 aliphatic rings. The van der Waals surface area contributed by atoms with E-state index < -0.39 is 22.0 Å². The maximum atomic E-state index is 13.4. The Morgan fingerprint density at radius 1 is 1.06 bits per heavy atom. The summed E-state index contributed by atoms with van der Waals surface area (Å²) in [6.45, 7) is 1.95. The van der Waals surface area contributed by atoms with Gasteiger partial charge in [-0.1, -0.05) is 40.2 Å². The summed E-state index contributed by atoms with van der Waals surface area (Å²) < 4.78 is 30.6. The molecular weight excluding hydrogens is 542 g/mol. The Morgan fingerprint density at radius 3 is 2.69 bits per heavy atom. The van der Waals surface area contributed by atoms with Crippen molar-refractivity contribution in [3.05, 3.63) is 93.8 Å². The van der Waals surface area contributed by atoms with Crippen LogP contribution in [-0.4, -0.2) is 41.9 Å². The van der Waals surface area contributed by atoms with Crippen molar-refractivity contribution in [3.8, 4) is 0 Å². The number of pyridine rings is 1. The fourth-order valence-electron chi connectivity index (χ4n) is 5.00. The standard InChI is InChI=1S/C26H22BrN5O3S/c1-14-6-9-22(29-11-14)36(34,35)32-21-13-30-26(33)25-24(16-4-2-3-5-20(16)31-25)23(21)18-12-28-19-8-7-15(27)10-17(18)19/h2-12,21,23,28,31-32H,13H2,1H3,(H,30,33)/t21-,23+/m1/s1. The first kappa shape index (κ1) is 23.0. The average molecular weight is 564 g/mol. The molecule has 4 heterocycles. The number of halogens is 1. The molecule has 0 saturated carbocycles. The molecule has 0 bridgehead atoms. The van der Waals surface area contributed by atoms with Gasteiger partial charge in [0, 0.05) is 51.1 Å². The van der Waals surface area contributed by atoms with Gasteiger partial charge in [-0.05, 0) is 53.9 Å². The summed E-state index contributed by atoms with van der Waals surface area (Å²) in [5.74, 6) is -0.749. The molecule has 0 radical (unpaired) electrons. The molecule has 1 amide bonds. The molecule has 5 aromatic rings. The van der Waals surface area contributed by atoms with Crippen LogP contribution in [0.1, 0.15) is 33.1 Å². The van der Waals surface area contributed by atoms with E-state index in [4.69, 9.17) is 0 Å². The molecule has 0 fully saturated rings. The van der Waals surface area contributed by atoms with Crippen LogP contribution in [0.15, 0.2) is 76.5 Å². The predicted octanol–water partition coefficient (Wildman–Crippen LogP) is 4.34. The number of aromatic nitrogens is 3. The number of para-hydroxylation sites is 1. The van der Waals surface area contributed by atoms with Gasteiger partial charge in [0.2, 0.25) is 0 Å². The van der Waals surface area contributed by atoms with Gasteiger partial charge in [0.15, 0.2) is 5.03 Å². The quantitative estimate of drug-likeness (QED) is 0.260. The lowest BCUT2D eigenvalue weighted by Gasteiger charge is -2.26. The number of amides is 1. The zero-order valence-corrected chi connectivity index (χ0v) is 21.6. The van der Waals surface area contributed by atoms with Gasteiger partial charge in [-0.3, -0.25) is 4.79 Å². The van der Waals surface area contributed by atoms with E-state index in [1.54, 1.807) is 6.07 Å². The summed E-state index contributed by atoms with van der Waals surface area (Å²) >= 11 is 3.56. The zero-order chi connectivity index (χ0) is 25.0. The van der Waals surface area contributed by atoms with Crippen molar-refractivity contribution < 1.29 is 13.2 Å². The van der Waals surface area contributed by atoms with Crippen LogP contribution < -0.4 is 10.0 Å². The SMILES string of the molecule is Cc1ccc(S(=O)(=O)N[C@@H]2CNC(=O)c3[nH]c4ccccc4c3[C@H]2c2c[nH]c3ccc(Br)cc23)nc1. The Hall–Kier alpha value is -3.47. The van der Waals surface area contributed by atoms with Gasteiger partial charge in [-0.15, -0.1) is 0 Å². The average Bonchev–Trinajstić information content (AvgIpc) is 3.41. The van der Waals surface area contributed by atoms with Crippen LogP contribution >= 0.6 is 15.9 Å². The largest absolute Gasteiger partial charge is 0.361 e. The number of nitrogens with one attached hydrogen (secondary N) is 4. The molecule has 0 aliphatic carbocycles. The van der Waals surface area contributed by atoms with Gasteiger partial charge in [-0.25, -0.2) is 18.1 Å². The summed E-state index contributed by atoms with van der Waals surface area (Å²) in [4.78, 5) is 23.9. The van der Waals surface area contributed by atoms with Crippen molar-refractivity contribution >= 4 is 53.7 Å². The molecule has 36 heavy (non-hydrogen) atoms. The van der Waals surface area contributed by atoms with Gasteiger partial charge in [0.1, 0.15) is 5.69 Å². The van der Waals surface area contributed by atoms with E-state index in [-0.39, 0.29) is 17.5 Å². The second-order valence-corrected chi connectivity index (χ2v) is 11.6. The number of aryl methyl sites for hydroxylation is 1. The molecule has 8 nitrogen and oxygen atoms in total. The highest BCUT2D eigenvalue weighted by Gasteiger charge is 2.38. The van der Waals surface area contributed by atoms with Crippen LogP contribution in [-0.2, 0) is 10.0 Å². The number of carbonyl (C=O) groups excluding carboxylic acids is 1. The van der Waals surface area contributed by atoms with Crippen LogP contribution in [0, 0.1) is 6.92 Å². The van der Waals surface area contributed by atoms with Crippen molar-refractivity contribution in [2.24, 2.45) is 0 Å². The van der Waals surface area contributed by atoms with Crippen LogP contribution in [0.3, 0.4) is 0 Å². The minimum Gasteiger partial charge on any atom is -0.361 e. The highest BCUT2D eigenvalue weighted by atomic mass is 79.9. The minimum atomic E-state index is -3.98. The molecule has 0 saturated heterocycles. The Bertz CT molecular complexity index is 1740. The van der Waals surface area contributed by atoms with Gasteiger partial charge in [-0.2, -0.15) is 0 Å². The monoisotopic (exact) mass is 563 g/mol. The lowest BCUT2D eigenvalue weighted by molar-refractivity contribution is 0.0950. The van der Waals surface area contributed by atoms with Gasteiger partial charge in [0.25, 0.3) is 15.9 Å². The molecule has 182 valence electrons. The third kappa shape index (κ3) is 3.82. The Balaban J connectivity index is 1.57. The number of rotatable bonds is 4. The Labute approximate surface area is 215 Å². The number of hydrogen-bond acceptors (Lipinski definition) is 4. The normalized spacial score (nSPS) is 18.2. The van der Waals surface area contributed by atoms with E-state index >= 15 is 0 Å². The topological polar surface area (TPSA) is 120 Å². The van der Waals surface area contributed by atoms with E-state index in [1.165, 1.54) is 12.3 Å². The van der Waals surface area contributed by atoms with Gasteiger partial charge >= 0.3 is 0 Å². The molecule has 0 unspecified atom stereocenters. The number of aromatic amines is 2. The molecular formula is C26H22BrN5O3S. The van der Waals surface area contributed by atoms with E-state index in [1.807, 2.05) is 55.6 Å². The lowest BCUT2D eigenvalue weighted by Crippen LogP contribution is -2.45. The highest BCUT2D eigenvalue weighted by molar-refractivity contribution is 9.10. The smallest absolute Gasteiger partial charge is 0.268 e. The number of carbonyl (C=O) groups is 1. The third-order valence-corrected chi connectivity index (χ3v) is 8.54. The summed E-state index contributed by atoms with van der Waals surface area (Å²) in [6, 6.07) is 16.1. The van der Waals surface area contributed by atoms with E-state index in [2.05, 4.69) is 40.9 Å². The number of H-pyrrole nitrogens is 2. The molecule has 10 heteroatoms. The van der Waals surface area contributed by atoms with Crippen LogP contribution in [0.5, 0.6) is 0 Å². The number of sulfonamides is 1.